The quantitative estimate of drug-likeness (QED) is 0.191. The summed E-state index contributed by atoms with van der Waals surface area (Å²) in [6.07, 6.45) is -3.99. The molecule has 12 heteroatoms. The first-order valence-corrected chi connectivity index (χ1v) is 6.06. The fourth-order valence-electron chi connectivity index (χ4n) is 0.796. The molecule has 0 aromatic carbocycles. The number of nitrogens with one attached hydrogen (secondary N) is 6. The molecule has 2 atom stereocenters. The highest BCUT2D eigenvalue weighted by molar-refractivity contribution is 7.80. The summed E-state index contributed by atoms with van der Waals surface area (Å²) in [5, 5.41) is 24.1. The van der Waals surface area contributed by atoms with Gasteiger partial charge in [0.2, 0.25) is 0 Å². The van der Waals surface area contributed by atoms with Gasteiger partial charge in [-0.1, -0.05) is 0 Å². The number of hydrazine groups is 2. The monoisotopic (exact) mass is 324 g/mol. The van der Waals surface area contributed by atoms with E-state index in [0.29, 0.717) is 0 Å². The van der Waals surface area contributed by atoms with E-state index < -0.39 is 24.0 Å². The third kappa shape index (κ3) is 6.42. The maximum absolute atomic E-state index is 11.4. The summed E-state index contributed by atoms with van der Waals surface area (Å²) in [5.41, 5.74) is 8.48. The minimum Gasteiger partial charge on any atom is -0.380 e. The Morgan fingerprint density at radius 2 is 1.10 bits per heavy atom. The highest BCUT2D eigenvalue weighted by Gasteiger charge is 2.30. The van der Waals surface area contributed by atoms with E-state index >= 15 is 0 Å². The van der Waals surface area contributed by atoms with Crippen molar-refractivity contribution >= 4 is 46.5 Å². The summed E-state index contributed by atoms with van der Waals surface area (Å²) in [7, 11) is 3.02. The summed E-state index contributed by atoms with van der Waals surface area (Å²) < 4.78 is 0. The van der Waals surface area contributed by atoms with E-state index in [1.165, 1.54) is 14.1 Å². The van der Waals surface area contributed by atoms with Gasteiger partial charge in [0.25, 0.3) is 11.8 Å². The Morgan fingerprint density at radius 1 is 0.800 bits per heavy atom. The highest BCUT2D eigenvalue weighted by Crippen LogP contribution is 1.93. The largest absolute Gasteiger partial charge is 0.380 e. The second-order valence-electron chi connectivity index (χ2n) is 3.28. The number of aliphatic hydroxyl groups excluding tert-OH is 2. The van der Waals surface area contributed by atoms with Crippen molar-refractivity contribution in [3.05, 3.63) is 0 Å². The van der Waals surface area contributed by atoms with E-state index in [1.807, 2.05) is 10.9 Å². The van der Waals surface area contributed by atoms with Crippen molar-refractivity contribution in [3.63, 3.8) is 0 Å². The molecule has 0 bridgehead atoms. The summed E-state index contributed by atoms with van der Waals surface area (Å²) in [4.78, 5) is 22.8. The lowest BCUT2D eigenvalue weighted by Gasteiger charge is -2.18. The average Bonchev–Trinajstić information content (AvgIpc) is 2.47. The zero-order valence-electron chi connectivity index (χ0n) is 10.7. The Balaban J connectivity index is 4.27. The van der Waals surface area contributed by atoms with Crippen molar-refractivity contribution in [1.82, 2.24) is 32.3 Å². The molecule has 0 heterocycles. The van der Waals surface area contributed by atoms with Crippen LogP contribution in [0.4, 0.5) is 0 Å². The molecule has 0 saturated carbocycles. The average molecular weight is 324 g/mol. The molecule has 114 valence electrons. The highest BCUT2D eigenvalue weighted by atomic mass is 32.1. The number of thiocarbonyl (C=S) groups is 2. The van der Waals surface area contributed by atoms with Crippen LogP contribution >= 0.6 is 24.4 Å². The fourth-order valence-corrected chi connectivity index (χ4v) is 0.898. The standard InChI is InChI=1S/C8H16N6O4S2/c1-9-7(19)13-11-5(17)3(15)4(16)6(18)12-14-8(20)10-2/h3-4,15-16H,1-2H3,(H,11,17)(H,12,18)(H2,9,13,19)(H2,10,14,20)/t3-,4+. The van der Waals surface area contributed by atoms with Gasteiger partial charge in [0.05, 0.1) is 0 Å². The lowest BCUT2D eigenvalue weighted by Crippen LogP contribution is -2.57. The van der Waals surface area contributed by atoms with Crippen LogP contribution in [0.2, 0.25) is 0 Å². The molecular weight excluding hydrogens is 308 g/mol. The molecule has 0 rings (SSSR count). The van der Waals surface area contributed by atoms with Crippen molar-refractivity contribution in [2.75, 3.05) is 14.1 Å². The van der Waals surface area contributed by atoms with Crippen molar-refractivity contribution in [1.29, 1.82) is 0 Å². The first-order chi connectivity index (χ1) is 9.33. The van der Waals surface area contributed by atoms with Crippen LogP contribution in [0.25, 0.3) is 0 Å². The van der Waals surface area contributed by atoms with Gasteiger partial charge in [-0.2, -0.15) is 0 Å². The number of hydrogen-bond acceptors (Lipinski definition) is 6. The fraction of sp³-hybridized carbons (Fsp3) is 0.500. The first-order valence-electron chi connectivity index (χ1n) is 5.24. The predicted molar refractivity (Wildman–Crippen MR) is 77.9 cm³/mol. The van der Waals surface area contributed by atoms with Crippen LogP contribution in [0.3, 0.4) is 0 Å². The molecule has 8 N–H and O–H groups in total. The maximum atomic E-state index is 11.4. The lowest BCUT2D eigenvalue weighted by molar-refractivity contribution is -0.146. The Kier molecular flexibility index (Phi) is 8.38. The molecule has 0 aromatic rings. The molecule has 0 spiro atoms. The SMILES string of the molecule is CNC(=S)NNC(=O)[C@@H](O)[C@@H](O)C(=O)NNC(=S)NC. The molecule has 0 aliphatic carbocycles. The topological polar surface area (TPSA) is 147 Å². The molecule has 0 aromatic heterocycles. The van der Waals surface area contributed by atoms with Crippen LogP contribution in [0.5, 0.6) is 0 Å². The zero-order chi connectivity index (χ0) is 15.7. The van der Waals surface area contributed by atoms with Crippen LogP contribution in [-0.2, 0) is 9.59 Å². The van der Waals surface area contributed by atoms with Gasteiger partial charge in [-0.15, -0.1) is 0 Å². The molecule has 0 saturated heterocycles. The number of carbonyl (C=O) groups is 2. The summed E-state index contributed by atoms with van der Waals surface area (Å²) in [5.74, 6) is -2.08. The van der Waals surface area contributed by atoms with Gasteiger partial charge in [0.15, 0.2) is 22.4 Å². The number of carbonyl (C=O) groups excluding carboxylic acids is 2. The van der Waals surface area contributed by atoms with E-state index in [9.17, 15) is 19.8 Å². The minimum absolute atomic E-state index is 0.0885. The molecule has 0 aliphatic heterocycles. The van der Waals surface area contributed by atoms with Crippen LogP contribution in [-0.4, -0.2) is 58.6 Å². The summed E-state index contributed by atoms with van der Waals surface area (Å²) >= 11 is 9.34. The molecule has 20 heavy (non-hydrogen) atoms. The van der Waals surface area contributed by atoms with Gasteiger partial charge in [-0.05, 0) is 24.4 Å². The van der Waals surface area contributed by atoms with E-state index in [2.05, 4.69) is 45.9 Å². The normalized spacial score (nSPS) is 12.4. The predicted octanol–water partition coefficient (Wildman–Crippen LogP) is -4.04. The summed E-state index contributed by atoms with van der Waals surface area (Å²) in [6.45, 7) is 0. The molecular formula is C8H16N6O4S2. The Labute approximate surface area is 125 Å². The van der Waals surface area contributed by atoms with Gasteiger partial charge in [-0.3, -0.25) is 31.3 Å². The van der Waals surface area contributed by atoms with E-state index in [4.69, 9.17) is 0 Å². The van der Waals surface area contributed by atoms with Crippen LogP contribution < -0.4 is 32.3 Å². The van der Waals surface area contributed by atoms with Crippen molar-refractivity contribution < 1.29 is 19.8 Å². The molecule has 0 fully saturated rings. The second-order valence-corrected chi connectivity index (χ2v) is 4.09. The van der Waals surface area contributed by atoms with Crippen LogP contribution in [0.15, 0.2) is 0 Å². The Morgan fingerprint density at radius 3 is 1.35 bits per heavy atom. The molecule has 10 nitrogen and oxygen atoms in total. The van der Waals surface area contributed by atoms with E-state index in [-0.39, 0.29) is 10.2 Å². The number of hydrogen-bond donors (Lipinski definition) is 8. The molecule has 0 radical (unpaired) electrons. The summed E-state index contributed by atoms with van der Waals surface area (Å²) in [6, 6.07) is 0. The van der Waals surface area contributed by atoms with Gasteiger partial charge in [0.1, 0.15) is 0 Å². The lowest BCUT2D eigenvalue weighted by atomic mass is 10.2. The molecule has 2 amide bonds. The van der Waals surface area contributed by atoms with Crippen LogP contribution in [0, 0.1) is 0 Å². The number of aliphatic hydroxyl groups is 2. The first kappa shape index (κ1) is 18.2. The Hall–Kier alpha value is -1.76. The van der Waals surface area contributed by atoms with E-state index in [1.54, 1.807) is 0 Å². The van der Waals surface area contributed by atoms with Gasteiger partial charge < -0.3 is 20.8 Å². The number of amides is 2. The smallest absolute Gasteiger partial charge is 0.270 e. The van der Waals surface area contributed by atoms with Gasteiger partial charge >= 0.3 is 0 Å². The van der Waals surface area contributed by atoms with Gasteiger partial charge in [-0.25, -0.2) is 0 Å². The maximum Gasteiger partial charge on any atom is 0.270 e. The van der Waals surface area contributed by atoms with Crippen molar-refractivity contribution in [2.24, 2.45) is 0 Å². The van der Waals surface area contributed by atoms with Crippen LogP contribution in [0.1, 0.15) is 0 Å². The molecule has 0 aliphatic rings. The third-order valence-electron chi connectivity index (χ3n) is 1.89. The van der Waals surface area contributed by atoms with Crippen molar-refractivity contribution in [2.45, 2.75) is 12.2 Å². The third-order valence-corrected chi connectivity index (χ3v) is 2.50. The number of rotatable bonds is 3. The zero-order valence-corrected chi connectivity index (χ0v) is 12.3. The molecule has 0 unspecified atom stereocenters. The second kappa shape index (κ2) is 9.19. The van der Waals surface area contributed by atoms with E-state index in [0.717, 1.165) is 0 Å². The minimum atomic E-state index is -1.99. The Bertz CT molecular complexity index is 357. The van der Waals surface area contributed by atoms with Gasteiger partial charge in [0, 0.05) is 14.1 Å². The van der Waals surface area contributed by atoms with Crippen molar-refractivity contribution in [3.8, 4) is 0 Å².